The summed E-state index contributed by atoms with van der Waals surface area (Å²) in [4.78, 5) is 3.52. The third kappa shape index (κ3) is 1.76. The van der Waals surface area contributed by atoms with Crippen molar-refractivity contribution in [2.24, 2.45) is 0 Å². The number of ether oxygens (including phenoxy) is 1. The molecular formula is C14H11NO. The van der Waals surface area contributed by atoms with Crippen LogP contribution < -0.4 is 4.74 Å². The summed E-state index contributed by atoms with van der Waals surface area (Å²) in [5.74, 6) is 0.790. The highest BCUT2D eigenvalue weighted by Gasteiger charge is 2.08. The zero-order chi connectivity index (χ0) is 11.4. The molecule has 0 bridgehead atoms. The van der Waals surface area contributed by atoms with Crippen LogP contribution in [0.25, 0.3) is 16.0 Å². The van der Waals surface area contributed by atoms with E-state index in [2.05, 4.69) is 4.85 Å². The monoisotopic (exact) mass is 209 g/mol. The molecule has 2 heteroatoms. The summed E-state index contributed by atoms with van der Waals surface area (Å²) in [6, 6.07) is 15.3. The van der Waals surface area contributed by atoms with Crippen molar-refractivity contribution in [1.82, 2.24) is 0 Å². The molecule has 2 aromatic rings. The van der Waals surface area contributed by atoms with Crippen LogP contribution in [0.15, 0.2) is 48.5 Å². The van der Waals surface area contributed by atoms with Gasteiger partial charge in [-0.15, -0.1) is 0 Å². The first-order chi connectivity index (χ1) is 7.86. The van der Waals surface area contributed by atoms with E-state index in [1.807, 2.05) is 48.5 Å². The maximum absolute atomic E-state index is 7.15. The van der Waals surface area contributed by atoms with Gasteiger partial charge in [-0.1, -0.05) is 42.5 Å². The molecule has 78 valence electrons. The molecule has 0 aliphatic carbocycles. The minimum atomic E-state index is 0.645. The molecule has 0 unspecified atom stereocenters. The van der Waals surface area contributed by atoms with Crippen molar-refractivity contribution < 1.29 is 4.74 Å². The fourth-order valence-corrected chi connectivity index (χ4v) is 1.67. The van der Waals surface area contributed by atoms with Gasteiger partial charge in [-0.05, 0) is 11.6 Å². The smallest absolute Gasteiger partial charge is 0.195 e. The van der Waals surface area contributed by atoms with Gasteiger partial charge < -0.3 is 4.74 Å². The summed E-state index contributed by atoms with van der Waals surface area (Å²) in [6.45, 7) is 7.15. The van der Waals surface area contributed by atoms with Crippen LogP contribution in [-0.4, -0.2) is 7.11 Å². The number of rotatable bonds is 2. The average Bonchev–Trinajstić information content (AvgIpc) is 2.38. The van der Waals surface area contributed by atoms with Crippen molar-refractivity contribution in [3.63, 3.8) is 0 Å². The fraction of sp³-hybridized carbons (Fsp3) is 0.0714. The van der Waals surface area contributed by atoms with E-state index in [-0.39, 0.29) is 0 Å². The predicted octanol–water partition coefficient (Wildman–Crippen LogP) is 3.91. The molecule has 0 atom stereocenters. The van der Waals surface area contributed by atoms with Crippen LogP contribution in [0.4, 0.5) is 5.69 Å². The van der Waals surface area contributed by atoms with E-state index in [9.17, 15) is 0 Å². The van der Waals surface area contributed by atoms with Gasteiger partial charge in [-0.25, -0.2) is 4.85 Å². The van der Waals surface area contributed by atoms with Gasteiger partial charge in [0.1, 0.15) is 5.75 Å². The first-order valence-electron chi connectivity index (χ1n) is 4.96. The second-order valence-corrected chi connectivity index (χ2v) is 3.33. The Labute approximate surface area is 94.9 Å². The highest BCUT2D eigenvalue weighted by atomic mass is 16.5. The molecule has 0 aliphatic heterocycles. The normalized spacial score (nSPS) is 9.50. The van der Waals surface area contributed by atoms with E-state index in [0.717, 1.165) is 16.9 Å². The molecule has 0 heterocycles. The van der Waals surface area contributed by atoms with Crippen LogP contribution >= 0.6 is 0 Å². The van der Waals surface area contributed by atoms with Gasteiger partial charge in [0.05, 0.1) is 13.7 Å². The van der Waals surface area contributed by atoms with Crippen molar-refractivity contribution in [3.05, 3.63) is 59.9 Å². The van der Waals surface area contributed by atoms with E-state index >= 15 is 0 Å². The minimum absolute atomic E-state index is 0.645. The molecule has 0 fully saturated rings. The molecule has 2 aromatic carbocycles. The lowest BCUT2D eigenvalue weighted by molar-refractivity contribution is 0.416. The maximum atomic E-state index is 7.15. The van der Waals surface area contributed by atoms with Crippen molar-refractivity contribution >= 4 is 5.69 Å². The topological polar surface area (TPSA) is 13.6 Å². The molecule has 2 rings (SSSR count). The Bertz CT molecular complexity index is 540. The van der Waals surface area contributed by atoms with Crippen LogP contribution in [0.3, 0.4) is 0 Å². The molecule has 0 aromatic heterocycles. The predicted molar refractivity (Wildman–Crippen MR) is 64.7 cm³/mol. The van der Waals surface area contributed by atoms with Crippen molar-refractivity contribution in [2.45, 2.75) is 0 Å². The third-order valence-electron chi connectivity index (χ3n) is 2.42. The Morgan fingerprint density at radius 3 is 2.25 bits per heavy atom. The number of hydrogen-bond donors (Lipinski definition) is 0. The van der Waals surface area contributed by atoms with Crippen LogP contribution in [-0.2, 0) is 0 Å². The summed E-state index contributed by atoms with van der Waals surface area (Å²) in [7, 11) is 1.64. The summed E-state index contributed by atoms with van der Waals surface area (Å²) >= 11 is 0. The Morgan fingerprint density at radius 2 is 1.56 bits per heavy atom. The molecular weight excluding hydrogens is 198 g/mol. The Kier molecular flexibility index (Phi) is 2.88. The maximum Gasteiger partial charge on any atom is 0.195 e. The Balaban J connectivity index is 2.64. The lowest BCUT2D eigenvalue weighted by Crippen LogP contribution is -1.87. The lowest BCUT2D eigenvalue weighted by atomic mass is 10.0. The van der Waals surface area contributed by atoms with Gasteiger partial charge in [0.2, 0.25) is 0 Å². The molecule has 0 aliphatic rings. The summed E-state index contributed by atoms with van der Waals surface area (Å²) in [6.07, 6.45) is 0. The quantitative estimate of drug-likeness (QED) is 0.683. The molecule has 2 nitrogen and oxygen atoms in total. The number of hydrogen-bond acceptors (Lipinski definition) is 1. The van der Waals surface area contributed by atoms with Crippen molar-refractivity contribution in [2.75, 3.05) is 7.11 Å². The second-order valence-electron chi connectivity index (χ2n) is 3.33. The molecule has 0 amide bonds. The Morgan fingerprint density at radius 1 is 0.938 bits per heavy atom. The Hall–Kier alpha value is -2.27. The van der Waals surface area contributed by atoms with Crippen LogP contribution in [0.2, 0.25) is 0 Å². The van der Waals surface area contributed by atoms with Crippen molar-refractivity contribution in [1.29, 1.82) is 0 Å². The highest BCUT2D eigenvalue weighted by Crippen LogP contribution is 2.35. The minimum Gasteiger partial charge on any atom is -0.496 e. The van der Waals surface area contributed by atoms with E-state index < -0.39 is 0 Å². The SMILES string of the molecule is [C-]#[N+]c1ccccc1-c1ccccc1OC. The number of nitrogens with zero attached hydrogens (tertiary/aromatic N) is 1. The van der Waals surface area contributed by atoms with E-state index in [1.165, 1.54) is 0 Å². The zero-order valence-corrected chi connectivity index (χ0v) is 8.97. The molecule has 0 saturated heterocycles. The molecule has 0 spiro atoms. The fourth-order valence-electron chi connectivity index (χ4n) is 1.67. The third-order valence-corrected chi connectivity index (χ3v) is 2.42. The standard InChI is InChI=1S/C14H11NO/c1-15-13-9-5-3-7-11(13)12-8-4-6-10-14(12)16-2/h3-10H,2H3. The second kappa shape index (κ2) is 4.50. The van der Waals surface area contributed by atoms with Crippen molar-refractivity contribution in [3.8, 4) is 16.9 Å². The van der Waals surface area contributed by atoms with Crippen LogP contribution in [0.5, 0.6) is 5.75 Å². The van der Waals surface area contributed by atoms with Gasteiger partial charge in [-0.3, -0.25) is 0 Å². The first-order valence-corrected chi connectivity index (χ1v) is 4.96. The van der Waals surface area contributed by atoms with E-state index in [1.54, 1.807) is 7.11 Å². The molecule has 0 N–H and O–H groups in total. The number of para-hydroxylation sites is 2. The molecule has 0 saturated carbocycles. The summed E-state index contributed by atoms with van der Waals surface area (Å²) < 4.78 is 5.30. The van der Waals surface area contributed by atoms with E-state index in [4.69, 9.17) is 11.3 Å². The largest absolute Gasteiger partial charge is 0.496 e. The van der Waals surface area contributed by atoms with Crippen LogP contribution in [0.1, 0.15) is 0 Å². The summed E-state index contributed by atoms with van der Waals surface area (Å²) in [5, 5.41) is 0. The number of benzene rings is 2. The van der Waals surface area contributed by atoms with Gasteiger partial charge in [0.15, 0.2) is 5.69 Å². The first kappa shape index (κ1) is 10.3. The van der Waals surface area contributed by atoms with Gasteiger partial charge in [0.25, 0.3) is 0 Å². The average molecular weight is 209 g/mol. The van der Waals surface area contributed by atoms with Gasteiger partial charge in [0, 0.05) is 5.56 Å². The lowest BCUT2D eigenvalue weighted by Gasteiger charge is -2.09. The summed E-state index contributed by atoms with van der Waals surface area (Å²) in [5.41, 5.74) is 2.51. The molecule has 0 radical (unpaired) electrons. The number of methoxy groups -OCH3 is 1. The molecule has 16 heavy (non-hydrogen) atoms. The van der Waals surface area contributed by atoms with E-state index in [0.29, 0.717) is 5.69 Å². The van der Waals surface area contributed by atoms with Gasteiger partial charge in [-0.2, -0.15) is 0 Å². The highest BCUT2D eigenvalue weighted by molar-refractivity contribution is 5.82. The van der Waals surface area contributed by atoms with Crippen LogP contribution in [0, 0.1) is 6.57 Å². The van der Waals surface area contributed by atoms with Gasteiger partial charge >= 0.3 is 0 Å². The zero-order valence-electron chi connectivity index (χ0n) is 8.97.